The van der Waals surface area contributed by atoms with E-state index in [2.05, 4.69) is 17.6 Å². The van der Waals surface area contributed by atoms with Crippen LogP contribution < -0.4 is 10.6 Å². The van der Waals surface area contributed by atoms with E-state index in [1.807, 2.05) is 9.80 Å². The third kappa shape index (κ3) is 5.12. The Bertz CT molecular complexity index is 470. The Balaban J connectivity index is 1.45. The predicted molar refractivity (Wildman–Crippen MR) is 103 cm³/mol. The Hall–Kier alpha value is -1.30. The van der Waals surface area contributed by atoms with E-state index in [4.69, 9.17) is 0 Å². The van der Waals surface area contributed by atoms with Crippen LogP contribution in [0.1, 0.15) is 58.3 Å². The van der Waals surface area contributed by atoms with Gasteiger partial charge in [0.25, 0.3) is 0 Å². The summed E-state index contributed by atoms with van der Waals surface area (Å²) >= 11 is 0. The van der Waals surface area contributed by atoms with Crippen LogP contribution in [0.15, 0.2) is 0 Å². The number of nitrogens with one attached hydrogen (secondary N) is 2. The Morgan fingerprint density at radius 2 is 1.65 bits per heavy atom. The first kappa shape index (κ1) is 19.5. The minimum atomic E-state index is -0.0107. The van der Waals surface area contributed by atoms with Crippen molar-refractivity contribution in [3.8, 4) is 0 Å². The summed E-state index contributed by atoms with van der Waals surface area (Å²) in [6.45, 7) is 7.34. The molecule has 1 unspecified atom stereocenters. The molecule has 3 rings (SSSR count). The van der Waals surface area contributed by atoms with Crippen LogP contribution in [0, 0.1) is 11.8 Å². The standard InChI is InChI=1S/C20H36N4O2/c1-2-21-14-16-9-12-23(13-10-16)19(25)17-6-5-11-24(15-17)20(26)22-18-7-3-4-8-18/h16-18,21H,2-15H2,1H3,(H,22,26). The zero-order valence-corrected chi connectivity index (χ0v) is 16.3. The second kappa shape index (κ2) is 9.58. The smallest absolute Gasteiger partial charge is 0.317 e. The lowest BCUT2D eigenvalue weighted by Crippen LogP contribution is -2.52. The average molecular weight is 365 g/mol. The van der Waals surface area contributed by atoms with Crippen molar-refractivity contribution in [2.45, 2.75) is 64.3 Å². The van der Waals surface area contributed by atoms with Crippen molar-refractivity contribution in [2.24, 2.45) is 11.8 Å². The number of likely N-dealkylation sites (tertiary alicyclic amines) is 2. The molecular formula is C20H36N4O2. The van der Waals surface area contributed by atoms with Crippen LogP contribution in [0.5, 0.6) is 0 Å². The number of piperidine rings is 2. The van der Waals surface area contributed by atoms with Gasteiger partial charge in [-0.05, 0) is 57.5 Å². The predicted octanol–water partition coefficient (Wildman–Crippen LogP) is 2.20. The van der Waals surface area contributed by atoms with Gasteiger partial charge in [-0.2, -0.15) is 0 Å². The largest absolute Gasteiger partial charge is 0.342 e. The Morgan fingerprint density at radius 3 is 2.35 bits per heavy atom. The maximum absolute atomic E-state index is 12.9. The number of carbonyl (C=O) groups is 2. The summed E-state index contributed by atoms with van der Waals surface area (Å²) in [6, 6.07) is 0.382. The molecule has 6 nitrogen and oxygen atoms in total. The average Bonchev–Trinajstić information content (AvgIpc) is 3.19. The molecular weight excluding hydrogens is 328 g/mol. The first-order valence-corrected chi connectivity index (χ1v) is 10.7. The van der Waals surface area contributed by atoms with Crippen molar-refractivity contribution in [3.05, 3.63) is 0 Å². The van der Waals surface area contributed by atoms with E-state index in [-0.39, 0.29) is 17.9 Å². The third-order valence-corrected chi connectivity index (χ3v) is 6.35. The highest BCUT2D eigenvalue weighted by Crippen LogP contribution is 2.24. The summed E-state index contributed by atoms with van der Waals surface area (Å²) in [4.78, 5) is 29.4. The monoisotopic (exact) mass is 364 g/mol. The SMILES string of the molecule is CCNCC1CCN(C(=O)C2CCCN(C(=O)NC3CCCC3)C2)CC1. The van der Waals surface area contributed by atoms with Gasteiger partial charge in [-0.1, -0.05) is 19.8 Å². The highest BCUT2D eigenvalue weighted by molar-refractivity contribution is 5.81. The normalized spacial score (nSPS) is 25.5. The van der Waals surface area contributed by atoms with Gasteiger partial charge in [-0.25, -0.2) is 4.79 Å². The summed E-state index contributed by atoms with van der Waals surface area (Å²) in [5.74, 6) is 0.952. The molecule has 1 aliphatic carbocycles. The van der Waals surface area contributed by atoms with Crippen LogP contribution in [-0.2, 0) is 4.79 Å². The van der Waals surface area contributed by atoms with Gasteiger partial charge in [0, 0.05) is 32.2 Å². The van der Waals surface area contributed by atoms with E-state index < -0.39 is 0 Å². The summed E-state index contributed by atoms with van der Waals surface area (Å²) in [7, 11) is 0. The summed E-state index contributed by atoms with van der Waals surface area (Å²) in [5.41, 5.74) is 0. The van der Waals surface area contributed by atoms with Gasteiger partial charge in [0.1, 0.15) is 0 Å². The number of urea groups is 1. The molecule has 2 heterocycles. The van der Waals surface area contributed by atoms with Crippen molar-refractivity contribution in [1.82, 2.24) is 20.4 Å². The van der Waals surface area contributed by atoms with Crippen LogP contribution in [-0.4, -0.2) is 67.0 Å². The molecule has 3 aliphatic rings. The fraction of sp³-hybridized carbons (Fsp3) is 0.900. The molecule has 2 N–H and O–H groups in total. The van der Waals surface area contributed by atoms with E-state index in [1.165, 1.54) is 12.8 Å². The zero-order valence-electron chi connectivity index (χ0n) is 16.3. The first-order chi connectivity index (χ1) is 12.7. The summed E-state index contributed by atoms with van der Waals surface area (Å²) in [5, 5.41) is 6.59. The highest BCUT2D eigenvalue weighted by atomic mass is 16.2. The van der Waals surface area contributed by atoms with E-state index in [1.54, 1.807) is 0 Å². The molecule has 148 valence electrons. The molecule has 2 aliphatic heterocycles. The topological polar surface area (TPSA) is 64.7 Å². The van der Waals surface area contributed by atoms with Crippen LogP contribution in [0.3, 0.4) is 0 Å². The minimum absolute atomic E-state index is 0.0107. The molecule has 2 saturated heterocycles. The maximum atomic E-state index is 12.9. The number of hydrogen-bond donors (Lipinski definition) is 2. The molecule has 0 spiro atoms. The van der Waals surface area contributed by atoms with Crippen molar-refractivity contribution in [1.29, 1.82) is 0 Å². The van der Waals surface area contributed by atoms with Crippen molar-refractivity contribution < 1.29 is 9.59 Å². The lowest BCUT2D eigenvalue weighted by atomic mass is 9.93. The second-order valence-electron chi connectivity index (χ2n) is 8.29. The van der Waals surface area contributed by atoms with E-state index >= 15 is 0 Å². The molecule has 0 bridgehead atoms. The number of carbonyl (C=O) groups excluding carboxylic acids is 2. The van der Waals surface area contributed by atoms with Gasteiger partial charge < -0.3 is 20.4 Å². The summed E-state index contributed by atoms with van der Waals surface area (Å²) < 4.78 is 0. The van der Waals surface area contributed by atoms with E-state index in [9.17, 15) is 9.59 Å². The summed E-state index contributed by atoms with van der Waals surface area (Å²) in [6.07, 6.45) is 8.68. The number of nitrogens with zero attached hydrogens (tertiary/aromatic N) is 2. The van der Waals surface area contributed by atoms with Gasteiger partial charge in [-0.15, -0.1) is 0 Å². The lowest BCUT2D eigenvalue weighted by Gasteiger charge is -2.38. The molecule has 0 radical (unpaired) electrons. The molecule has 1 atom stereocenters. The minimum Gasteiger partial charge on any atom is -0.342 e. The van der Waals surface area contributed by atoms with Gasteiger partial charge in [0.05, 0.1) is 5.92 Å². The van der Waals surface area contributed by atoms with Gasteiger partial charge in [0.15, 0.2) is 0 Å². The van der Waals surface area contributed by atoms with E-state index in [0.717, 1.165) is 71.2 Å². The van der Waals surface area contributed by atoms with Crippen molar-refractivity contribution in [2.75, 3.05) is 39.3 Å². The quantitative estimate of drug-likeness (QED) is 0.786. The molecule has 3 fully saturated rings. The van der Waals surface area contributed by atoms with E-state index in [0.29, 0.717) is 18.5 Å². The van der Waals surface area contributed by atoms with Crippen LogP contribution in [0.2, 0.25) is 0 Å². The van der Waals surface area contributed by atoms with Crippen molar-refractivity contribution >= 4 is 11.9 Å². The van der Waals surface area contributed by atoms with Crippen molar-refractivity contribution in [3.63, 3.8) is 0 Å². The van der Waals surface area contributed by atoms with Crippen LogP contribution in [0.4, 0.5) is 4.79 Å². The molecule has 0 aromatic rings. The third-order valence-electron chi connectivity index (χ3n) is 6.35. The van der Waals surface area contributed by atoms with Gasteiger partial charge >= 0.3 is 6.03 Å². The fourth-order valence-corrected chi connectivity index (χ4v) is 4.66. The molecule has 0 aromatic carbocycles. The Labute approximate surface area is 158 Å². The molecule has 0 aromatic heterocycles. The number of amides is 3. The number of rotatable bonds is 5. The molecule has 1 saturated carbocycles. The Kier molecular flexibility index (Phi) is 7.17. The highest BCUT2D eigenvalue weighted by Gasteiger charge is 2.33. The molecule has 26 heavy (non-hydrogen) atoms. The first-order valence-electron chi connectivity index (χ1n) is 10.7. The molecule has 6 heteroatoms. The maximum Gasteiger partial charge on any atom is 0.317 e. The second-order valence-corrected chi connectivity index (χ2v) is 8.29. The van der Waals surface area contributed by atoms with Crippen LogP contribution in [0.25, 0.3) is 0 Å². The number of hydrogen-bond acceptors (Lipinski definition) is 3. The van der Waals surface area contributed by atoms with Crippen LogP contribution >= 0.6 is 0 Å². The van der Waals surface area contributed by atoms with Gasteiger partial charge in [-0.3, -0.25) is 4.79 Å². The zero-order chi connectivity index (χ0) is 18.4. The lowest BCUT2D eigenvalue weighted by molar-refractivity contribution is -0.138. The fourth-order valence-electron chi connectivity index (χ4n) is 4.66. The Morgan fingerprint density at radius 1 is 0.923 bits per heavy atom. The molecule has 3 amide bonds. The van der Waals surface area contributed by atoms with Gasteiger partial charge in [0.2, 0.25) is 5.91 Å².